The predicted octanol–water partition coefficient (Wildman–Crippen LogP) is 3.73. The van der Waals surface area contributed by atoms with E-state index >= 15 is 0 Å². The van der Waals surface area contributed by atoms with Crippen molar-refractivity contribution in [1.29, 1.82) is 0 Å². The number of nitrogens with zero attached hydrogens (tertiary/aromatic N) is 1. The molecule has 23 heavy (non-hydrogen) atoms. The minimum Gasteiger partial charge on any atom is -0.508 e. The number of phenolic OH excluding ortho intramolecular Hbond substituents is 1. The fraction of sp³-hybridized carbons (Fsp3) is 0.700. The number of nitrogens with one attached hydrogen (secondary N) is 1. The molecule has 2 aliphatic rings. The Hall–Kier alpha value is -1.06. The molecule has 0 saturated heterocycles. The van der Waals surface area contributed by atoms with Gasteiger partial charge >= 0.3 is 0 Å². The maximum atomic E-state index is 10.1. The monoisotopic (exact) mass is 316 g/mol. The van der Waals surface area contributed by atoms with Gasteiger partial charge < -0.3 is 10.4 Å². The van der Waals surface area contributed by atoms with Crippen LogP contribution < -0.4 is 5.32 Å². The van der Waals surface area contributed by atoms with Crippen LogP contribution in [0.5, 0.6) is 5.75 Å². The first kappa shape index (κ1) is 16.8. The van der Waals surface area contributed by atoms with Crippen LogP contribution >= 0.6 is 0 Å². The summed E-state index contributed by atoms with van der Waals surface area (Å²) in [6.07, 6.45) is 6.38. The number of benzene rings is 1. The number of hydrogen-bond donors (Lipinski definition) is 2. The first-order valence-electron chi connectivity index (χ1n) is 9.30. The zero-order chi connectivity index (χ0) is 16.4. The van der Waals surface area contributed by atoms with Crippen molar-refractivity contribution in [2.45, 2.75) is 57.5 Å². The summed E-state index contributed by atoms with van der Waals surface area (Å²) in [7, 11) is 2.29. The zero-order valence-corrected chi connectivity index (χ0v) is 14.9. The third-order valence-corrected chi connectivity index (χ3v) is 5.94. The molecular weight excluding hydrogens is 284 g/mol. The van der Waals surface area contributed by atoms with E-state index < -0.39 is 0 Å². The van der Waals surface area contributed by atoms with Crippen LogP contribution in [-0.2, 0) is 5.54 Å². The fourth-order valence-corrected chi connectivity index (χ4v) is 4.50. The molecule has 1 aromatic rings. The molecule has 128 valence electrons. The van der Waals surface area contributed by atoms with E-state index in [0.717, 1.165) is 18.4 Å². The first-order valence-corrected chi connectivity index (χ1v) is 9.30. The van der Waals surface area contributed by atoms with Gasteiger partial charge in [-0.3, -0.25) is 4.90 Å². The molecule has 0 bridgehead atoms. The lowest BCUT2D eigenvalue weighted by atomic mass is 9.68. The molecule has 1 aromatic carbocycles. The van der Waals surface area contributed by atoms with Crippen LogP contribution in [0.4, 0.5) is 0 Å². The molecule has 0 spiro atoms. The summed E-state index contributed by atoms with van der Waals surface area (Å²) in [5.41, 5.74) is 1.28. The molecule has 3 rings (SSSR count). The van der Waals surface area contributed by atoms with Gasteiger partial charge in [0.05, 0.1) is 5.54 Å². The topological polar surface area (TPSA) is 35.5 Å². The van der Waals surface area contributed by atoms with E-state index in [9.17, 15) is 5.11 Å². The molecular formula is C20H32N2O. The Morgan fingerprint density at radius 1 is 1.30 bits per heavy atom. The van der Waals surface area contributed by atoms with Gasteiger partial charge in [-0.15, -0.1) is 0 Å². The average molecular weight is 316 g/mol. The van der Waals surface area contributed by atoms with E-state index in [4.69, 9.17) is 0 Å². The molecule has 0 radical (unpaired) electrons. The van der Waals surface area contributed by atoms with Crippen molar-refractivity contribution < 1.29 is 5.11 Å². The second-order valence-electron chi connectivity index (χ2n) is 7.79. The van der Waals surface area contributed by atoms with Crippen molar-refractivity contribution >= 4 is 0 Å². The molecule has 3 unspecified atom stereocenters. The Balaban J connectivity index is 1.99. The lowest BCUT2D eigenvalue weighted by Gasteiger charge is -2.52. The third-order valence-electron chi connectivity index (χ3n) is 5.94. The number of hydrogen-bond acceptors (Lipinski definition) is 3. The highest BCUT2D eigenvalue weighted by Crippen LogP contribution is 2.46. The molecule has 2 saturated carbocycles. The van der Waals surface area contributed by atoms with Gasteiger partial charge in [0, 0.05) is 12.6 Å². The van der Waals surface area contributed by atoms with Gasteiger partial charge in [0.1, 0.15) is 5.75 Å². The van der Waals surface area contributed by atoms with E-state index in [2.05, 4.69) is 37.2 Å². The Bertz CT molecular complexity index is 528. The highest BCUT2D eigenvalue weighted by molar-refractivity contribution is 5.35. The van der Waals surface area contributed by atoms with Crippen LogP contribution in [0.25, 0.3) is 0 Å². The summed E-state index contributed by atoms with van der Waals surface area (Å²) in [5, 5.41) is 13.8. The highest BCUT2D eigenvalue weighted by Gasteiger charge is 2.47. The minimum absolute atomic E-state index is 0.00382. The van der Waals surface area contributed by atoms with Gasteiger partial charge in [-0.2, -0.15) is 0 Å². The van der Waals surface area contributed by atoms with Crippen molar-refractivity contribution in [3.63, 3.8) is 0 Å². The Morgan fingerprint density at radius 2 is 2.09 bits per heavy atom. The summed E-state index contributed by atoms with van der Waals surface area (Å²) in [4.78, 5) is 2.60. The molecule has 3 nitrogen and oxygen atoms in total. The quantitative estimate of drug-likeness (QED) is 0.839. The molecule has 2 aliphatic carbocycles. The highest BCUT2D eigenvalue weighted by atomic mass is 16.3. The van der Waals surface area contributed by atoms with Gasteiger partial charge in [0.15, 0.2) is 0 Å². The van der Waals surface area contributed by atoms with Crippen molar-refractivity contribution in [3.05, 3.63) is 29.8 Å². The molecule has 0 amide bonds. The Kier molecular flexibility index (Phi) is 4.98. The van der Waals surface area contributed by atoms with E-state index in [1.807, 2.05) is 12.1 Å². The number of likely N-dealkylation sites (N-methyl/N-ethyl adjacent to an activating group) is 2. The van der Waals surface area contributed by atoms with Gasteiger partial charge in [-0.1, -0.05) is 26.0 Å². The summed E-state index contributed by atoms with van der Waals surface area (Å²) < 4.78 is 0. The molecule has 3 heteroatoms. The second kappa shape index (κ2) is 6.82. The number of phenols is 1. The van der Waals surface area contributed by atoms with Crippen LogP contribution in [-0.4, -0.2) is 36.2 Å². The third kappa shape index (κ3) is 3.41. The lowest BCUT2D eigenvalue weighted by molar-refractivity contribution is 0.0188. The van der Waals surface area contributed by atoms with Crippen molar-refractivity contribution in [2.24, 2.45) is 11.8 Å². The van der Waals surface area contributed by atoms with Crippen LogP contribution in [0, 0.1) is 11.8 Å². The van der Waals surface area contributed by atoms with Gasteiger partial charge in [-0.25, -0.2) is 0 Å². The summed E-state index contributed by atoms with van der Waals surface area (Å²) >= 11 is 0. The maximum Gasteiger partial charge on any atom is 0.115 e. The van der Waals surface area contributed by atoms with E-state index in [0.29, 0.717) is 11.8 Å². The number of rotatable bonds is 6. The fourth-order valence-electron chi connectivity index (χ4n) is 4.50. The smallest absolute Gasteiger partial charge is 0.115 e. The molecule has 2 N–H and O–H groups in total. The Morgan fingerprint density at radius 3 is 2.74 bits per heavy atom. The minimum atomic E-state index is 0.00382. The predicted molar refractivity (Wildman–Crippen MR) is 95.6 cm³/mol. The first-order chi connectivity index (χ1) is 11.1. The van der Waals surface area contributed by atoms with Crippen molar-refractivity contribution in [2.75, 3.05) is 20.1 Å². The molecule has 2 fully saturated rings. The maximum absolute atomic E-state index is 10.1. The van der Waals surface area contributed by atoms with Crippen LogP contribution in [0.3, 0.4) is 0 Å². The molecule has 0 heterocycles. The summed E-state index contributed by atoms with van der Waals surface area (Å²) in [6.45, 7) is 6.74. The van der Waals surface area contributed by atoms with E-state index in [1.54, 1.807) is 6.07 Å². The van der Waals surface area contributed by atoms with Crippen LogP contribution in [0.2, 0.25) is 0 Å². The van der Waals surface area contributed by atoms with Gasteiger partial charge in [0.2, 0.25) is 0 Å². The normalized spacial score (nSPS) is 31.5. The second-order valence-corrected chi connectivity index (χ2v) is 7.79. The summed E-state index contributed by atoms with van der Waals surface area (Å²) in [5.74, 6) is 2.02. The Labute approximate surface area is 141 Å². The molecule has 3 atom stereocenters. The van der Waals surface area contributed by atoms with Crippen molar-refractivity contribution in [3.8, 4) is 5.75 Å². The van der Waals surface area contributed by atoms with Gasteiger partial charge in [-0.05, 0) is 75.2 Å². The van der Waals surface area contributed by atoms with Gasteiger partial charge in [0.25, 0.3) is 0 Å². The molecule has 0 aromatic heterocycles. The van der Waals surface area contributed by atoms with Crippen LogP contribution in [0.1, 0.15) is 51.5 Å². The number of aromatic hydroxyl groups is 1. The average Bonchev–Trinajstić information content (AvgIpc) is 3.32. The standard InChI is InChI=1S/C20H32N2O/c1-4-21-19-12-15(2)10-11-20(19,22(3)14-16-8-9-16)17-6-5-7-18(23)13-17/h5-7,13,15-16,19,21,23H,4,8-12,14H2,1-3H3. The van der Waals surface area contributed by atoms with Crippen LogP contribution in [0.15, 0.2) is 24.3 Å². The van der Waals surface area contributed by atoms with Crippen molar-refractivity contribution in [1.82, 2.24) is 10.2 Å². The van der Waals surface area contributed by atoms with E-state index in [1.165, 1.54) is 44.2 Å². The zero-order valence-electron chi connectivity index (χ0n) is 14.9. The summed E-state index contributed by atoms with van der Waals surface area (Å²) in [6, 6.07) is 8.43. The lowest BCUT2D eigenvalue weighted by Crippen LogP contribution is -2.60. The SMILES string of the molecule is CCNC1CC(C)CCC1(c1cccc(O)c1)N(C)CC1CC1. The molecule has 0 aliphatic heterocycles. The largest absolute Gasteiger partial charge is 0.508 e. The van der Waals surface area contributed by atoms with E-state index in [-0.39, 0.29) is 5.54 Å².